The Balaban J connectivity index is 0.00000126. The first kappa shape index (κ1) is 22.7. The third-order valence-electron chi connectivity index (χ3n) is 6.55. The second kappa shape index (κ2) is 9.57. The number of hydrogen-bond acceptors (Lipinski definition) is 5. The van der Waals surface area contributed by atoms with E-state index in [9.17, 15) is 9.18 Å². The first-order valence-corrected chi connectivity index (χ1v) is 11.5. The van der Waals surface area contributed by atoms with Gasteiger partial charge >= 0.3 is 0 Å². The van der Waals surface area contributed by atoms with Gasteiger partial charge < -0.3 is 9.80 Å². The van der Waals surface area contributed by atoms with Crippen LogP contribution in [0.4, 0.5) is 10.2 Å². The molecule has 1 amide bonds. The van der Waals surface area contributed by atoms with Crippen LogP contribution in [0.1, 0.15) is 65.3 Å². The molecule has 0 bridgehead atoms. The molecule has 5 rings (SSSR count). The molecule has 0 unspecified atom stereocenters. The van der Waals surface area contributed by atoms with Crippen molar-refractivity contribution in [1.82, 2.24) is 19.5 Å². The number of carbonyl (C=O) groups is 1. The van der Waals surface area contributed by atoms with Crippen LogP contribution >= 0.6 is 0 Å². The molecule has 172 valence electrons. The van der Waals surface area contributed by atoms with Crippen LogP contribution in [0.15, 0.2) is 30.5 Å². The molecule has 33 heavy (non-hydrogen) atoms. The van der Waals surface area contributed by atoms with E-state index in [4.69, 9.17) is 15.3 Å². The normalized spacial score (nSPS) is 18.3. The molecule has 3 aromatic rings. The summed E-state index contributed by atoms with van der Waals surface area (Å²) in [6.45, 7) is 10.1. The molecule has 0 aliphatic carbocycles. The van der Waals surface area contributed by atoms with Crippen molar-refractivity contribution in [3.05, 3.63) is 58.7 Å². The highest BCUT2D eigenvalue weighted by Crippen LogP contribution is 2.33. The van der Waals surface area contributed by atoms with Crippen molar-refractivity contribution < 1.29 is 9.18 Å². The summed E-state index contributed by atoms with van der Waals surface area (Å²) in [5.41, 5.74) is 4.03. The molecule has 2 saturated heterocycles. The van der Waals surface area contributed by atoms with Gasteiger partial charge in [-0.15, -0.1) is 0 Å². The van der Waals surface area contributed by atoms with Crippen molar-refractivity contribution >= 4 is 17.4 Å². The van der Waals surface area contributed by atoms with Crippen LogP contribution in [0.2, 0.25) is 0 Å². The molecule has 2 aliphatic heterocycles. The standard InChI is InChI=1S/C24H28FN5O.CHN/c1-16-13-18(25)8-9-19(16)24(31)29-12-4-3-7-21(29)20-14-22-26-23(28-10-5-6-11-28)17(2)15-30(22)27-20;1-2/h8-9,13-15,21H,3-7,10-12H2,1-2H3;1H/t21-;/m0./s1. The second-order valence-corrected chi connectivity index (χ2v) is 8.78. The Morgan fingerprint density at radius 2 is 1.79 bits per heavy atom. The Kier molecular flexibility index (Phi) is 6.59. The second-order valence-electron chi connectivity index (χ2n) is 8.78. The van der Waals surface area contributed by atoms with E-state index in [1.165, 1.54) is 25.0 Å². The third kappa shape index (κ3) is 4.40. The number of aromatic nitrogens is 3. The van der Waals surface area contributed by atoms with Crippen molar-refractivity contribution in [3.63, 3.8) is 0 Å². The third-order valence-corrected chi connectivity index (χ3v) is 6.55. The highest BCUT2D eigenvalue weighted by Gasteiger charge is 2.31. The molecule has 2 fully saturated rings. The van der Waals surface area contributed by atoms with Gasteiger partial charge in [0.25, 0.3) is 5.91 Å². The van der Waals surface area contributed by atoms with Gasteiger partial charge in [-0.3, -0.25) is 4.79 Å². The number of fused-ring (bicyclic) bond motifs is 1. The molecule has 0 N–H and O–H groups in total. The Bertz CT molecular complexity index is 1180. The van der Waals surface area contributed by atoms with E-state index in [0.29, 0.717) is 17.7 Å². The van der Waals surface area contributed by atoms with E-state index in [-0.39, 0.29) is 17.8 Å². The molecule has 0 radical (unpaired) electrons. The van der Waals surface area contributed by atoms with Gasteiger partial charge in [0.05, 0.1) is 11.7 Å². The lowest BCUT2D eigenvalue weighted by atomic mass is 9.97. The van der Waals surface area contributed by atoms with E-state index in [1.54, 1.807) is 13.0 Å². The van der Waals surface area contributed by atoms with E-state index >= 15 is 0 Å². The number of carbonyl (C=O) groups excluding carboxylic acids is 1. The Labute approximate surface area is 193 Å². The molecule has 0 saturated carbocycles. The van der Waals surface area contributed by atoms with Crippen LogP contribution in [0.3, 0.4) is 0 Å². The van der Waals surface area contributed by atoms with Crippen LogP contribution in [-0.2, 0) is 0 Å². The average molecular weight is 449 g/mol. The van der Waals surface area contributed by atoms with Crippen LogP contribution in [0.5, 0.6) is 0 Å². The van der Waals surface area contributed by atoms with Crippen molar-refractivity contribution in [2.75, 3.05) is 24.5 Å². The zero-order valence-corrected chi connectivity index (χ0v) is 19.2. The summed E-state index contributed by atoms with van der Waals surface area (Å²) in [5.74, 6) is 0.663. The molecule has 1 aromatic carbocycles. The highest BCUT2D eigenvalue weighted by molar-refractivity contribution is 5.96. The minimum Gasteiger partial charge on any atom is -0.356 e. The molecule has 2 aromatic heterocycles. The number of likely N-dealkylation sites (tertiary alicyclic amines) is 1. The lowest BCUT2D eigenvalue weighted by Gasteiger charge is -2.35. The van der Waals surface area contributed by atoms with Crippen molar-refractivity contribution in [2.45, 2.75) is 52.0 Å². The number of anilines is 1. The van der Waals surface area contributed by atoms with Crippen LogP contribution in [-0.4, -0.2) is 45.0 Å². The molecule has 1 atom stereocenters. The zero-order chi connectivity index (χ0) is 23.5. The summed E-state index contributed by atoms with van der Waals surface area (Å²) in [6.07, 6.45) is 7.34. The molecular weight excluding hydrogens is 419 g/mol. The number of aryl methyl sites for hydroxylation is 2. The first-order valence-electron chi connectivity index (χ1n) is 11.5. The molecule has 8 heteroatoms. The van der Waals surface area contributed by atoms with Gasteiger partial charge in [-0.25, -0.2) is 19.2 Å². The Morgan fingerprint density at radius 3 is 2.52 bits per heavy atom. The topological polar surface area (TPSA) is 77.5 Å². The fourth-order valence-corrected chi connectivity index (χ4v) is 4.94. The Morgan fingerprint density at radius 1 is 1.06 bits per heavy atom. The molecule has 2 aliphatic rings. The number of piperidine rings is 1. The molecule has 7 nitrogen and oxygen atoms in total. The largest absolute Gasteiger partial charge is 0.356 e. The maximum absolute atomic E-state index is 13.5. The number of benzene rings is 1. The van der Waals surface area contributed by atoms with E-state index in [0.717, 1.165) is 55.1 Å². The summed E-state index contributed by atoms with van der Waals surface area (Å²) in [7, 11) is 0. The quantitative estimate of drug-likeness (QED) is 0.586. The highest BCUT2D eigenvalue weighted by atomic mass is 19.1. The minimum atomic E-state index is -0.320. The SMILES string of the molecule is C#N.Cc1cc(F)ccc1C(=O)N1CCCC[C@H]1c1cc2nc(N3CCCC3)c(C)cn2n1. The predicted octanol–water partition coefficient (Wildman–Crippen LogP) is 4.59. The Hall–Kier alpha value is -3.47. The maximum Gasteiger partial charge on any atom is 0.254 e. The number of halogens is 1. The average Bonchev–Trinajstić information content (AvgIpc) is 3.49. The van der Waals surface area contributed by atoms with Gasteiger partial charge in [0, 0.05) is 49.6 Å². The first-order chi connectivity index (χ1) is 16.0. The number of hydrogen-bond donors (Lipinski definition) is 0. The number of nitrogens with zero attached hydrogens (tertiary/aromatic N) is 6. The van der Waals surface area contributed by atoms with Gasteiger partial charge in [0.2, 0.25) is 0 Å². The fourth-order valence-electron chi connectivity index (χ4n) is 4.94. The van der Waals surface area contributed by atoms with Crippen molar-refractivity contribution in [1.29, 1.82) is 5.26 Å². The summed E-state index contributed by atoms with van der Waals surface area (Å²) >= 11 is 0. The maximum atomic E-state index is 13.5. The van der Waals surface area contributed by atoms with E-state index in [1.807, 2.05) is 21.7 Å². The van der Waals surface area contributed by atoms with Crippen LogP contribution < -0.4 is 4.90 Å². The summed E-state index contributed by atoms with van der Waals surface area (Å²) in [4.78, 5) is 22.5. The monoisotopic (exact) mass is 448 g/mol. The minimum absolute atomic E-state index is 0.0545. The number of amides is 1. The molecule has 0 spiro atoms. The van der Waals surface area contributed by atoms with E-state index in [2.05, 4.69) is 18.4 Å². The van der Waals surface area contributed by atoms with Crippen molar-refractivity contribution in [2.24, 2.45) is 0 Å². The number of nitriles is 1. The van der Waals surface area contributed by atoms with Gasteiger partial charge in [-0.2, -0.15) is 5.10 Å². The molecular formula is C25H29FN6O. The molecule has 4 heterocycles. The van der Waals surface area contributed by atoms with Gasteiger partial charge in [-0.05, 0) is 69.7 Å². The summed E-state index contributed by atoms with van der Waals surface area (Å²) in [6, 6.07) is 6.30. The summed E-state index contributed by atoms with van der Waals surface area (Å²) in [5, 5.41) is 11.3. The lowest BCUT2D eigenvalue weighted by molar-refractivity contribution is 0.0605. The predicted molar refractivity (Wildman–Crippen MR) is 125 cm³/mol. The van der Waals surface area contributed by atoms with Gasteiger partial charge in [-0.1, -0.05) is 0 Å². The van der Waals surface area contributed by atoms with Gasteiger partial charge in [0.15, 0.2) is 5.65 Å². The zero-order valence-electron chi connectivity index (χ0n) is 19.2. The van der Waals surface area contributed by atoms with Crippen molar-refractivity contribution in [3.8, 4) is 6.57 Å². The van der Waals surface area contributed by atoms with Gasteiger partial charge in [0.1, 0.15) is 11.6 Å². The smallest absolute Gasteiger partial charge is 0.254 e. The van der Waals surface area contributed by atoms with Crippen LogP contribution in [0, 0.1) is 31.5 Å². The summed E-state index contributed by atoms with van der Waals surface area (Å²) < 4.78 is 15.4. The number of rotatable bonds is 3. The van der Waals surface area contributed by atoms with E-state index < -0.39 is 0 Å². The van der Waals surface area contributed by atoms with Crippen LogP contribution in [0.25, 0.3) is 5.65 Å². The fraction of sp³-hybridized carbons (Fsp3) is 0.440. The lowest BCUT2D eigenvalue weighted by Crippen LogP contribution is -2.39.